The zero-order valence-corrected chi connectivity index (χ0v) is 18.1. The molecule has 1 aromatic rings. The van der Waals surface area contributed by atoms with Crippen molar-refractivity contribution in [2.24, 2.45) is 5.73 Å². The van der Waals surface area contributed by atoms with Crippen LogP contribution in [-0.2, 0) is 19.3 Å². The summed E-state index contributed by atoms with van der Waals surface area (Å²) in [7, 11) is -3.62. The molecular weight excluding hydrogens is 412 g/mol. The fourth-order valence-corrected chi connectivity index (χ4v) is 3.82. The summed E-state index contributed by atoms with van der Waals surface area (Å²) in [4.78, 5) is 23.4. The molecule has 11 nitrogen and oxygen atoms in total. The number of hydrogen-bond acceptors (Lipinski definition) is 10. The summed E-state index contributed by atoms with van der Waals surface area (Å²) < 4.78 is 35.1. The van der Waals surface area contributed by atoms with Gasteiger partial charge in [0, 0.05) is 12.5 Å². The predicted molar refractivity (Wildman–Crippen MR) is 110 cm³/mol. The van der Waals surface area contributed by atoms with Gasteiger partial charge in [0.25, 0.3) is 5.91 Å². The summed E-state index contributed by atoms with van der Waals surface area (Å²) in [5, 5.41) is 9.44. The molecule has 0 saturated carbocycles. The van der Waals surface area contributed by atoms with Crippen LogP contribution in [0.1, 0.15) is 37.1 Å². The maximum Gasteiger partial charge on any atom is 0.294 e. The number of amides is 1. The van der Waals surface area contributed by atoms with Crippen LogP contribution < -0.4 is 20.7 Å². The number of rotatable bonds is 5. The number of aromatic nitrogens is 2. The molecule has 1 aromatic heterocycles. The molecule has 1 fully saturated rings. The number of carbonyl (C=O) groups excluding carboxylic acids is 1. The normalized spacial score (nSPS) is 21.9. The second-order valence-corrected chi connectivity index (χ2v) is 10.4. The van der Waals surface area contributed by atoms with E-state index in [2.05, 4.69) is 15.3 Å². The number of carbonyl (C=O) groups is 1. The summed E-state index contributed by atoms with van der Waals surface area (Å²) >= 11 is 0. The second-order valence-electron chi connectivity index (χ2n) is 7.83. The summed E-state index contributed by atoms with van der Waals surface area (Å²) in [5.74, 6) is -0.431. The summed E-state index contributed by atoms with van der Waals surface area (Å²) in [6.45, 7) is 6.14. The lowest BCUT2D eigenvalue weighted by Crippen LogP contribution is -2.56. The largest absolute Gasteiger partial charge is 0.486 e. The smallest absolute Gasteiger partial charge is 0.294 e. The van der Waals surface area contributed by atoms with Crippen molar-refractivity contribution < 1.29 is 22.7 Å². The number of fused-ring (bicyclic) bond motifs is 3. The Morgan fingerprint density at radius 2 is 2.03 bits per heavy atom. The molecule has 2 aliphatic heterocycles. The van der Waals surface area contributed by atoms with E-state index in [9.17, 15) is 13.2 Å². The molecule has 2 atom stereocenters. The number of nitrogens with zero attached hydrogens (tertiary/aromatic N) is 3. The molecule has 0 aliphatic carbocycles. The van der Waals surface area contributed by atoms with E-state index >= 15 is 0 Å². The highest BCUT2D eigenvalue weighted by atomic mass is 32.2. The Balaban J connectivity index is 2.20. The second kappa shape index (κ2) is 7.84. The molecule has 3 heterocycles. The highest BCUT2D eigenvalue weighted by Crippen LogP contribution is 2.43. The lowest BCUT2D eigenvalue weighted by atomic mass is 10.0. The molecule has 12 heteroatoms. The van der Waals surface area contributed by atoms with Crippen LogP contribution in [0.25, 0.3) is 0 Å². The number of hydrogen-bond donors (Lipinski definition) is 3. The first-order valence-electron chi connectivity index (χ1n) is 9.36. The molecule has 164 valence electrons. The summed E-state index contributed by atoms with van der Waals surface area (Å²) in [6.07, 6.45) is 3.23. The van der Waals surface area contributed by atoms with Crippen LogP contribution in [0, 0.1) is 5.41 Å². The minimum atomic E-state index is -3.62. The standard InChI is InChI=1S/C18H26N6O5S/c1-10-7-28-8-11-9-29-13-14(18(2,3)30(4,26)27)22-15(23-16(13)24(10)11)17(25)21-12(20)5-6-19/h5-6,10-11,19H,7-9,20H2,1-4H3,(H,21,25)/b12-5+,19-6?/t10-,11?/m1/s1. The van der Waals surface area contributed by atoms with E-state index in [-0.39, 0.29) is 41.8 Å². The average Bonchev–Trinajstić information content (AvgIpc) is 2.66. The molecule has 3 rings (SSSR count). The minimum Gasteiger partial charge on any atom is -0.486 e. The number of morpholine rings is 1. The number of allylic oxidation sites excluding steroid dienone is 1. The number of nitrogens with two attached hydrogens (primary N) is 1. The molecule has 30 heavy (non-hydrogen) atoms. The third kappa shape index (κ3) is 3.84. The van der Waals surface area contributed by atoms with Crippen LogP contribution in [0.15, 0.2) is 11.9 Å². The topological polar surface area (TPSA) is 161 Å². The highest BCUT2D eigenvalue weighted by molar-refractivity contribution is 7.91. The predicted octanol–water partition coefficient (Wildman–Crippen LogP) is -0.0781. The maximum atomic E-state index is 12.7. The zero-order valence-electron chi connectivity index (χ0n) is 17.3. The molecule has 1 saturated heterocycles. The van der Waals surface area contributed by atoms with E-state index < -0.39 is 20.5 Å². The molecule has 1 unspecified atom stereocenters. The summed E-state index contributed by atoms with van der Waals surface area (Å²) in [6, 6.07) is -0.182. The monoisotopic (exact) mass is 438 g/mol. The molecule has 0 bridgehead atoms. The lowest BCUT2D eigenvalue weighted by molar-refractivity contribution is 0.0481. The Morgan fingerprint density at radius 3 is 2.67 bits per heavy atom. The minimum absolute atomic E-state index is 0.0608. The average molecular weight is 439 g/mol. The van der Waals surface area contributed by atoms with Gasteiger partial charge in [-0.3, -0.25) is 4.79 Å². The van der Waals surface area contributed by atoms with Gasteiger partial charge in [-0.15, -0.1) is 0 Å². The Kier molecular flexibility index (Phi) is 5.74. The van der Waals surface area contributed by atoms with Crippen LogP contribution in [0.4, 0.5) is 5.82 Å². The van der Waals surface area contributed by atoms with Crippen molar-refractivity contribution in [3.05, 3.63) is 23.4 Å². The Hall–Kier alpha value is -2.73. The van der Waals surface area contributed by atoms with Crippen molar-refractivity contribution >= 4 is 27.8 Å². The Bertz CT molecular complexity index is 1010. The molecule has 0 radical (unpaired) electrons. The lowest BCUT2D eigenvalue weighted by Gasteiger charge is -2.45. The van der Waals surface area contributed by atoms with Crippen LogP contribution >= 0.6 is 0 Å². The number of ether oxygens (including phenoxy) is 2. The van der Waals surface area contributed by atoms with Gasteiger partial charge < -0.3 is 30.8 Å². The molecule has 0 aromatic carbocycles. The molecule has 1 amide bonds. The van der Waals surface area contributed by atoms with Crippen molar-refractivity contribution in [1.29, 1.82) is 5.41 Å². The Labute approximate surface area is 175 Å². The van der Waals surface area contributed by atoms with Crippen LogP contribution in [-0.4, -0.2) is 68.7 Å². The number of anilines is 1. The molecule has 0 spiro atoms. The fraction of sp³-hybridized carbons (Fsp3) is 0.556. The first-order valence-corrected chi connectivity index (χ1v) is 11.2. The van der Waals surface area contributed by atoms with Gasteiger partial charge in [-0.2, -0.15) is 0 Å². The third-order valence-corrected chi connectivity index (χ3v) is 7.32. The van der Waals surface area contributed by atoms with Crippen LogP contribution in [0.2, 0.25) is 0 Å². The SMILES string of the molecule is C[C@@H]1COCC2COc3c(nc(C(=O)N/C(N)=C/C=N)nc3C(C)(C)S(C)(=O)=O)N21. The van der Waals surface area contributed by atoms with Crippen molar-refractivity contribution in [3.63, 3.8) is 0 Å². The van der Waals surface area contributed by atoms with Gasteiger partial charge in [0.1, 0.15) is 22.9 Å². The first kappa shape index (κ1) is 22.0. The van der Waals surface area contributed by atoms with Crippen molar-refractivity contribution in [2.75, 3.05) is 31.0 Å². The Morgan fingerprint density at radius 1 is 1.33 bits per heavy atom. The van der Waals surface area contributed by atoms with E-state index in [0.29, 0.717) is 19.0 Å². The van der Waals surface area contributed by atoms with Crippen molar-refractivity contribution in [3.8, 4) is 5.75 Å². The van der Waals surface area contributed by atoms with Gasteiger partial charge in [-0.05, 0) is 26.8 Å². The van der Waals surface area contributed by atoms with Gasteiger partial charge in [-0.1, -0.05) is 0 Å². The van der Waals surface area contributed by atoms with Gasteiger partial charge >= 0.3 is 0 Å². The highest BCUT2D eigenvalue weighted by Gasteiger charge is 2.44. The van der Waals surface area contributed by atoms with Crippen LogP contribution in [0.3, 0.4) is 0 Å². The third-order valence-electron chi connectivity index (χ3n) is 5.27. The maximum absolute atomic E-state index is 12.7. The fourth-order valence-electron chi connectivity index (χ4n) is 3.33. The molecule has 4 N–H and O–H groups in total. The van der Waals surface area contributed by atoms with Gasteiger partial charge in [0.05, 0.1) is 25.3 Å². The summed E-state index contributed by atoms with van der Waals surface area (Å²) in [5.41, 5.74) is 5.76. The van der Waals surface area contributed by atoms with Crippen molar-refractivity contribution in [2.45, 2.75) is 37.6 Å². The van der Waals surface area contributed by atoms with Crippen molar-refractivity contribution in [1.82, 2.24) is 15.3 Å². The van der Waals surface area contributed by atoms with E-state index in [0.717, 1.165) is 12.5 Å². The van der Waals surface area contributed by atoms with Gasteiger partial charge in [-0.25, -0.2) is 18.4 Å². The van der Waals surface area contributed by atoms with E-state index in [4.69, 9.17) is 20.6 Å². The first-order chi connectivity index (χ1) is 14.0. The van der Waals surface area contributed by atoms with Gasteiger partial charge in [0.2, 0.25) is 5.82 Å². The quantitative estimate of drug-likeness (QED) is 0.534. The van der Waals surface area contributed by atoms with E-state index in [1.165, 1.54) is 19.9 Å². The van der Waals surface area contributed by atoms with Crippen LogP contribution in [0.5, 0.6) is 5.75 Å². The number of sulfone groups is 1. The van der Waals surface area contributed by atoms with Gasteiger partial charge in [0.15, 0.2) is 21.4 Å². The van der Waals surface area contributed by atoms with E-state index in [1.54, 1.807) is 0 Å². The molecular formula is C18H26N6O5S. The number of nitrogens with one attached hydrogen (secondary N) is 2. The molecule has 2 aliphatic rings. The van der Waals surface area contributed by atoms with E-state index in [1.807, 2.05) is 11.8 Å². The zero-order chi connectivity index (χ0) is 22.3.